The number of carbonyl (C=O) groups excluding carboxylic acids is 3. The molecule has 4 rings (SSSR count). The molecular weight excluding hydrogens is 424 g/mol. The molecule has 0 bridgehead atoms. The van der Waals surface area contributed by atoms with Crippen molar-refractivity contribution in [1.82, 2.24) is 9.80 Å². The van der Waals surface area contributed by atoms with Crippen molar-refractivity contribution >= 4 is 29.1 Å². The second-order valence-corrected chi connectivity index (χ2v) is 8.70. The third kappa shape index (κ3) is 3.73. The predicted molar refractivity (Wildman–Crippen MR) is 122 cm³/mol. The van der Waals surface area contributed by atoms with E-state index < -0.39 is 10.6 Å². The smallest absolute Gasteiger partial charge is 0.269 e. The van der Waals surface area contributed by atoms with Gasteiger partial charge in [-0.05, 0) is 38.0 Å². The first kappa shape index (κ1) is 22.4. The Morgan fingerprint density at radius 3 is 2.67 bits per heavy atom. The minimum absolute atomic E-state index is 0.0308. The van der Waals surface area contributed by atoms with Gasteiger partial charge in [-0.25, -0.2) is 0 Å². The van der Waals surface area contributed by atoms with Gasteiger partial charge < -0.3 is 9.80 Å². The average molecular weight is 450 g/mol. The van der Waals surface area contributed by atoms with Crippen molar-refractivity contribution < 1.29 is 19.3 Å². The van der Waals surface area contributed by atoms with E-state index in [1.54, 1.807) is 54.1 Å². The van der Waals surface area contributed by atoms with Gasteiger partial charge in [0, 0.05) is 38.6 Å². The molecule has 0 radical (unpaired) electrons. The molecule has 0 aromatic heterocycles. The van der Waals surface area contributed by atoms with Crippen molar-refractivity contribution in [3.63, 3.8) is 0 Å². The van der Waals surface area contributed by atoms with Crippen molar-refractivity contribution in [2.45, 2.75) is 44.8 Å². The fraction of sp³-hybridized carbons (Fsp3) is 0.375. The summed E-state index contributed by atoms with van der Waals surface area (Å²) < 4.78 is 0. The second kappa shape index (κ2) is 8.31. The van der Waals surface area contributed by atoms with Crippen molar-refractivity contribution in [2.24, 2.45) is 0 Å². The van der Waals surface area contributed by atoms with Crippen LogP contribution < -0.4 is 4.90 Å². The number of amides is 3. The number of carbonyl (C=O) groups is 3. The minimum Gasteiger partial charge on any atom is -0.339 e. The number of nitro groups is 1. The first-order valence-electron chi connectivity index (χ1n) is 10.9. The van der Waals surface area contributed by atoms with Crippen molar-refractivity contribution in [3.8, 4) is 0 Å². The SMILES string of the molecule is CC(c1cccc([N+](=O)[O-])c1)N(C)C(=O)CCN1C(=O)c2ccccc2N2C(=O)CCC12C. The third-order valence-corrected chi connectivity index (χ3v) is 6.83. The van der Waals surface area contributed by atoms with Crippen LogP contribution in [0.2, 0.25) is 0 Å². The van der Waals surface area contributed by atoms with Gasteiger partial charge in [-0.15, -0.1) is 0 Å². The van der Waals surface area contributed by atoms with Crippen LogP contribution in [0.3, 0.4) is 0 Å². The summed E-state index contributed by atoms with van der Waals surface area (Å²) in [5.41, 5.74) is 0.884. The van der Waals surface area contributed by atoms with E-state index in [4.69, 9.17) is 0 Å². The van der Waals surface area contributed by atoms with Crippen LogP contribution in [0.15, 0.2) is 48.5 Å². The molecule has 0 N–H and O–H groups in total. The molecule has 172 valence electrons. The Kier molecular flexibility index (Phi) is 5.65. The maximum absolute atomic E-state index is 13.3. The number of benzene rings is 2. The molecule has 3 amide bonds. The summed E-state index contributed by atoms with van der Waals surface area (Å²) in [6.07, 6.45) is 0.910. The molecule has 2 aromatic rings. The lowest BCUT2D eigenvalue weighted by Crippen LogP contribution is -2.62. The van der Waals surface area contributed by atoms with Gasteiger partial charge in [0.1, 0.15) is 5.66 Å². The summed E-state index contributed by atoms with van der Waals surface area (Å²) in [7, 11) is 1.65. The lowest BCUT2D eigenvalue weighted by Gasteiger charge is -2.48. The van der Waals surface area contributed by atoms with Gasteiger partial charge in [-0.1, -0.05) is 24.3 Å². The van der Waals surface area contributed by atoms with Crippen LogP contribution >= 0.6 is 0 Å². The topological polar surface area (TPSA) is 104 Å². The lowest BCUT2D eigenvalue weighted by atomic mass is 9.98. The van der Waals surface area contributed by atoms with E-state index in [1.165, 1.54) is 17.0 Å². The fourth-order valence-electron chi connectivity index (χ4n) is 4.76. The van der Waals surface area contributed by atoms with Gasteiger partial charge in [0.05, 0.1) is 22.2 Å². The summed E-state index contributed by atoms with van der Waals surface area (Å²) in [6.45, 7) is 3.84. The quantitative estimate of drug-likeness (QED) is 0.495. The molecule has 2 unspecified atom stereocenters. The Morgan fingerprint density at radius 1 is 1.21 bits per heavy atom. The van der Waals surface area contributed by atoms with Crippen LogP contribution in [0.25, 0.3) is 0 Å². The monoisotopic (exact) mass is 450 g/mol. The Balaban J connectivity index is 1.52. The number of para-hydroxylation sites is 1. The molecule has 1 fully saturated rings. The minimum atomic E-state index is -0.812. The lowest BCUT2D eigenvalue weighted by molar-refractivity contribution is -0.384. The molecule has 2 aromatic carbocycles. The summed E-state index contributed by atoms with van der Waals surface area (Å²) in [5.74, 6) is -0.424. The van der Waals surface area contributed by atoms with Crippen LogP contribution in [0.1, 0.15) is 55.1 Å². The molecule has 2 aliphatic heterocycles. The van der Waals surface area contributed by atoms with Crippen molar-refractivity contribution in [3.05, 3.63) is 69.8 Å². The highest BCUT2D eigenvalue weighted by Gasteiger charge is 2.52. The maximum Gasteiger partial charge on any atom is 0.269 e. The highest BCUT2D eigenvalue weighted by atomic mass is 16.6. The molecule has 9 nitrogen and oxygen atoms in total. The largest absolute Gasteiger partial charge is 0.339 e. The third-order valence-electron chi connectivity index (χ3n) is 6.83. The molecule has 0 aliphatic carbocycles. The molecule has 2 aliphatic rings. The second-order valence-electron chi connectivity index (χ2n) is 8.70. The van der Waals surface area contributed by atoms with Gasteiger partial charge in [-0.2, -0.15) is 0 Å². The fourth-order valence-corrected chi connectivity index (χ4v) is 4.76. The zero-order valence-corrected chi connectivity index (χ0v) is 18.9. The Morgan fingerprint density at radius 2 is 1.94 bits per heavy atom. The highest BCUT2D eigenvalue weighted by molar-refractivity contribution is 6.10. The van der Waals surface area contributed by atoms with Crippen LogP contribution in [0.4, 0.5) is 11.4 Å². The standard InChI is InChI=1S/C24H26N4O5/c1-16(17-7-6-8-18(15-17)28(32)33)25(3)21(29)12-14-26-23(31)19-9-4-5-10-20(19)27-22(30)11-13-24(26,27)2/h4-10,15-16H,11-14H2,1-3H3. The predicted octanol–water partition coefficient (Wildman–Crippen LogP) is 3.50. The molecular formula is C24H26N4O5. The summed E-state index contributed by atoms with van der Waals surface area (Å²) in [5, 5.41) is 11.1. The number of anilines is 1. The van der Waals surface area contributed by atoms with E-state index in [2.05, 4.69) is 0 Å². The summed E-state index contributed by atoms with van der Waals surface area (Å²) in [6, 6.07) is 12.9. The van der Waals surface area contributed by atoms with Gasteiger partial charge >= 0.3 is 0 Å². The van der Waals surface area contributed by atoms with E-state index in [9.17, 15) is 24.5 Å². The first-order valence-corrected chi connectivity index (χ1v) is 10.9. The number of hydrogen-bond donors (Lipinski definition) is 0. The Hall–Kier alpha value is -3.75. The summed E-state index contributed by atoms with van der Waals surface area (Å²) >= 11 is 0. The molecule has 2 atom stereocenters. The molecule has 0 spiro atoms. The van der Waals surface area contributed by atoms with Gasteiger partial charge in [0.2, 0.25) is 11.8 Å². The molecule has 2 heterocycles. The van der Waals surface area contributed by atoms with Crippen molar-refractivity contribution in [2.75, 3.05) is 18.5 Å². The molecule has 0 saturated carbocycles. The van der Waals surface area contributed by atoms with Crippen LogP contribution in [0.5, 0.6) is 0 Å². The van der Waals surface area contributed by atoms with Gasteiger partial charge in [0.25, 0.3) is 11.6 Å². The Labute approximate surface area is 191 Å². The number of nitro benzene ring substituents is 1. The normalized spacial score (nSPS) is 20.3. The number of non-ortho nitro benzene ring substituents is 1. The number of nitrogens with zero attached hydrogens (tertiary/aromatic N) is 4. The molecule has 9 heteroatoms. The first-order chi connectivity index (χ1) is 15.6. The van der Waals surface area contributed by atoms with Crippen LogP contribution in [-0.2, 0) is 9.59 Å². The zero-order chi connectivity index (χ0) is 23.9. The average Bonchev–Trinajstić information content (AvgIpc) is 3.12. The van der Waals surface area contributed by atoms with E-state index in [0.29, 0.717) is 29.7 Å². The summed E-state index contributed by atoms with van der Waals surface area (Å²) in [4.78, 5) is 54.4. The van der Waals surface area contributed by atoms with Crippen molar-refractivity contribution in [1.29, 1.82) is 0 Å². The van der Waals surface area contributed by atoms with Gasteiger partial charge in [0.15, 0.2) is 0 Å². The highest BCUT2D eigenvalue weighted by Crippen LogP contribution is 2.44. The maximum atomic E-state index is 13.3. The van der Waals surface area contributed by atoms with E-state index in [0.717, 1.165) is 0 Å². The number of hydrogen-bond acceptors (Lipinski definition) is 5. The number of fused-ring (bicyclic) bond motifs is 3. The van der Waals surface area contributed by atoms with E-state index >= 15 is 0 Å². The van der Waals surface area contributed by atoms with E-state index in [-0.39, 0.29) is 42.4 Å². The van der Waals surface area contributed by atoms with Gasteiger partial charge in [-0.3, -0.25) is 29.4 Å². The van der Waals surface area contributed by atoms with E-state index in [1.807, 2.05) is 13.0 Å². The Bertz CT molecular complexity index is 1150. The molecule has 1 saturated heterocycles. The van der Waals surface area contributed by atoms with Crippen LogP contribution in [0, 0.1) is 10.1 Å². The number of rotatable bonds is 6. The van der Waals surface area contributed by atoms with Crippen LogP contribution in [-0.4, -0.2) is 51.7 Å². The zero-order valence-electron chi connectivity index (χ0n) is 18.9. The molecule has 33 heavy (non-hydrogen) atoms.